The van der Waals surface area contributed by atoms with Crippen molar-refractivity contribution in [1.82, 2.24) is 4.72 Å². The minimum absolute atomic E-state index is 0.132. The molecule has 0 saturated carbocycles. The first-order valence-corrected chi connectivity index (χ1v) is 7.25. The maximum Gasteiger partial charge on any atom is 0.303 e. The number of carbonyl (C=O) groups is 1. The maximum absolute atomic E-state index is 11.7. The third-order valence-electron chi connectivity index (χ3n) is 2.59. The minimum atomic E-state index is -3.29. The Labute approximate surface area is 104 Å². The lowest BCUT2D eigenvalue weighted by molar-refractivity contribution is -0.137. The van der Waals surface area contributed by atoms with Crippen LogP contribution < -0.4 is 4.72 Å². The van der Waals surface area contributed by atoms with Crippen LogP contribution in [-0.4, -0.2) is 30.8 Å². The lowest BCUT2D eigenvalue weighted by Crippen LogP contribution is -2.40. The van der Waals surface area contributed by atoms with E-state index in [1.807, 2.05) is 6.92 Å². The van der Waals surface area contributed by atoms with Gasteiger partial charge in [0.05, 0.1) is 4.75 Å². The van der Waals surface area contributed by atoms with E-state index in [0.29, 0.717) is 19.4 Å². The van der Waals surface area contributed by atoms with Crippen molar-refractivity contribution in [3.63, 3.8) is 0 Å². The van der Waals surface area contributed by atoms with Gasteiger partial charge in [-0.05, 0) is 39.5 Å². The van der Waals surface area contributed by atoms with E-state index in [0.717, 1.165) is 0 Å². The third-order valence-corrected chi connectivity index (χ3v) is 4.78. The van der Waals surface area contributed by atoms with Gasteiger partial charge in [0.1, 0.15) is 0 Å². The predicted octanol–water partition coefficient (Wildman–Crippen LogP) is 1.60. The number of carboxylic acids is 1. The van der Waals surface area contributed by atoms with E-state index in [2.05, 4.69) is 4.72 Å². The van der Waals surface area contributed by atoms with E-state index in [1.54, 1.807) is 20.8 Å². The highest BCUT2D eigenvalue weighted by atomic mass is 32.2. The number of hydrogen-bond acceptors (Lipinski definition) is 3. The van der Waals surface area contributed by atoms with Gasteiger partial charge < -0.3 is 5.11 Å². The molecule has 0 bridgehead atoms. The molecule has 5 nitrogen and oxygen atoms in total. The molecule has 0 aliphatic carbocycles. The van der Waals surface area contributed by atoms with Crippen LogP contribution in [0.3, 0.4) is 0 Å². The average Bonchev–Trinajstić information content (AvgIpc) is 2.12. The Hall–Kier alpha value is -0.620. The first-order valence-electron chi connectivity index (χ1n) is 5.77. The molecule has 1 unspecified atom stereocenters. The van der Waals surface area contributed by atoms with Gasteiger partial charge in [0.15, 0.2) is 0 Å². The van der Waals surface area contributed by atoms with Crippen molar-refractivity contribution in [3.05, 3.63) is 0 Å². The molecule has 0 saturated heterocycles. The minimum Gasteiger partial charge on any atom is -0.481 e. The summed E-state index contributed by atoms with van der Waals surface area (Å²) >= 11 is 0. The molecule has 0 spiro atoms. The fourth-order valence-electron chi connectivity index (χ4n) is 1.17. The lowest BCUT2D eigenvalue weighted by atomic mass is 10.0. The summed E-state index contributed by atoms with van der Waals surface area (Å²) in [4.78, 5) is 10.4. The molecule has 0 aromatic rings. The normalized spacial score (nSPS) is 14.6. The standard InChI is InChI=1S/C11H23NO4S/c1-9(5-6-10(13)14)7-8-12-17(15,16)11(2,3)4/h9,12H,5-8H2,1-4H3,(H,13,14). The van der Waals surface area contributed by atoms with Crippen LogP contribution in [0, 0.1) is 5.92 Å². The fraction of sp³-hybridized carbons (Fsp3) is 0.909. The Morgan fingerprint density at radius 3 is 2.24 bits per heavy atom. The number of carboxylic acid groups (broad SMARTS) is 1. The molecule has 0 fully saturated rings. The summed E-state index contributed by atoms with van der Waals surface area (Å²) < 4.78 is 25.1. The second-order valence-electron chi connectivity index (χ2n) is 5.34. The van der Waals surface area contributed by atoms with Gasteiger partial charge in [-0.15, -0.1) is 0 Å². The highest BCUT2D eigenvalue weighted by Gasteiger charge is 2.28. The number of hydrogen-bond donors (Lipinski definition) is 2. The zero-order valence-corrected chi connectivity index (χ0v) is 11.8. The van der Waals surface area contributed by atoms with Crippen molar-refractivity contribution in [2.75, 3.05) is 6.54 Å². The summed E-state index contributed by atoms with van der Waals surface area (Å²) in [5, 5.41) is 8.51. The van der Waals surface area contributed by atoms with Crippen molar-refractivity contribution in [3.8, 4) is 0 Å². The van der Waals surface area contributed by atoms with Crippen molar-refractivity contribution in [2.24, 2.45) is 5.92 Å². The molecule has 0 aromatic heterocycles. The average molecular weight is 265 g/mol. The van der Waals surface area contributed by atoms with Crippen LogP contribution in [-0.2, 0) is 14.8 Å². The van der Waals surface area contributed by atoms with Gasteiger partial charge in [0.2, 0.25) is 10.0 Å². The monoisotopic (exact) mass is 265 g/mol. The summed E-state index contributed by atoms with van der Waals surface area (Å²) in [6.45, 7) is 7.21. The van der Waals surface area contributed by atoms with Gasteiger partial charge in [0.25, 0.3) is 0 Å². The Kier molecular flexibility index (Phi) is 6.12. The Morgan fingerprint density at radius 2 is 1.82 bits per heavy atom. The molecule has 0 aliphatic heterocycles. The second-order valence-corrected chi connectivity index (χ2v) is 7.86. The third kappa shape index (κ3) is 6.63. The highest BCUT2D eigenvalue weighted by molar-refractivity contribution is 7.90. The summed E-state index contributed by atoms with van der Waals surface area (Å²) in [7, 11) is -3.29. The molecule has 6 heteroatoms. The molecule has 0 heterocycles. The smallest absolute Gasteiger partial charge is 0.303 e. The van der Waals surface area contributed by atoms with Crippen LogP contribution >= 0.6 is 0 Å². The van der Waals surface area contributed by atoms with Gasteiger partial charge in [-0.2, -0.15) is 0 Å². The van der Waals surface area contributed by atoms with E-state index < -0.39 is 20.7 Å². The molecular weight excluding hydrogens is 242 g/mol. The van der Waals surface area contributed by atoms with Crippen LogP contribution in [0.2, 0.25) is 0 Å². The van der Waals surface area contributed by atoms with Crippen LogP contribution in [0.1, 0.15) is 47.0 Å². The topological polar surface area (TPSA) is 83.5 Å². The molecule has 1 atom stereocenters. The lowest BCUT2D eigenvalue weighted by Gasteiger charge is -2.20. The Bertz CT molecular complexity index is 343. The molecule has 2 N–H and O–H groups in total. The van der Waals surface area contributed by atoms with Gasteiger partial charge in [0, 0.05) is 13.0 Å². The SMILES string of the molecule is CC(CCNS(=O)(=O)C(C)(C)C)CCC(=O)O. The number of sulfonamides is 1. The predicted molar refractivity (Wildman–Crippen MR) is 67.3 cm³/mol. The van der Waals surface area contributed by atoms with Gasteiger partial charge >= 0.3 is 5.97 Å². The Morgan fingerprint density at radius 1 is 1.29 bits per heavy atom. The number of aliphatic carboxylic acids is 1. The van der Waals surface area contributed by atoms with E-state index >= 15 is 0 Å². The van der Waals surface area contributed by atoms with E-state index in [4.69, 9.17) is 5.11 Å². The molecule has 17 heavy (non-hydrogen) atoms. The quantitative estimate of drug-likeness (QED) is 0.732. The molecular formula is C11H23NO4S. The Balaban J connectivity index is 3.96. The van der Waals surface area contributed by atoms with E-state index in [1.165, 1.54) is 0 Å². The van der Waals surface area contributed by atoms with Crippen LogP contribution in [0.15, 0.2) is 0 Å². The van der Waals surface area contributed by atoms with Crippen molar-refractivity contribution < 1.29 is 18.3 Å². The summed E-state index contributed by atoms with van der Waals surface area (Å²) in [5.41, 5.74) is 0. The largest absolute Gasteiger partial charge is 0.481 e. The number of nitrogens with one attached hydrogen (secondary N) is 1. The first kappa shape index (κ1) is 16.4. The number of rotatable bonds is 7. The maximum atomic E-state index is 11.7. The summed E-state index contributed by atoms with van der Waals surface area (Å²) in [6.07, 6.45) is 1.36. The zero-order chi connectivity index (χ0) is 13.7. The van der Waals surface area contributed by atoms with Crippen molar-refractivity contribution >= 4 is 16.0 Å². The summed E-state index contributed by atoms with van der Waals surface area (Å²) in [6, 6.07) is 0. The van der Waals surface area contributed by atoms with Crippen LogP contribution in [0.4, 0.5) is 0 Å². The van der Waals surface area contributed by atoms with Gasteiger partial charge in [-0.1, -0.05) is 6.92 Å². The van der Waals surface area contributed by atoms with Crippen molar-refractivity contribution in [2.45, 2.75) is 51.7 Å². The van der Waals surface area contributed by atoms with Gasteiger partial charge in [-0.3, -0.25) is 4.79 Å². The molecule has 0 rings (SSSR count). The highest BCUT2D eigenvalue weighted by Crippen LogP contribution is 2.14. The van der Waals surface area contributed by atoms with E-state index in [9.17, 15) is 13.2 Å². The molecule has 0 radical (unpaired) electrons. The van der Waals surface area contributed by atoms with Crippen molar-refractivity contribution in [1.29, 1.82) is 0 Å². The molecule has 0 aliphatic rings. The van der Waals surface area contributed by atoms with Crippen LogP contribution in [0.5, 0.6) is 0 Å². The second kappa shape index (κ2) is 6.35. The molecule has 0 aromatic carbocycles. The fourth-order valence-corrected chi connectivity index (χ4v) is 1.99. The first-order chi connectivity index (χ1) is 7.56. The van der Waals surface area contributed by atoms with Gasteiger partial charge in [-0.25, -0.2) is 13.1 Å². The molecule has 0 amide bonds. The summed E-state index contributed by atoms with van der Waals surface area (Å²) in [5.74, 6) is -0.610. The zero-order valence-electron chi connectivity index (χ0n) is 11.0. The van der Waals surface area contributed by atoms with E-state index in [-0.39, 0.29) is 12.3 Å². The van der Waals surface area contributed by atoms with Crippen LogP contribution in [0.25, 0.3) is 0 Å². The molecule has 102 valence electrons.